The van der Waals surface area contributed by atoms with Crippen LogP contribution in [0.1, 0.15) is 30.5 Å². The van der Waals surface area contributed by atoms with E-state index in [2.05, 4.69) is 18.3 Å². The van der Waals surface area contributed by atoms with E-state index in [-0.39, 0.29) is 18.0 Å². The Morgan fingerprint density at radius 3 is 2.67 bits per heavy atom. The van der Waals surface area contributed by atoms with Crippen molar-refractivity contribution in [3.05, 3.63) is 65.5 Å². The Morgan fingerprint density at radius 2 is 1.95 bits per heavy atom. The first kappa shape index (κ1) is 14.1. The van der Waals surface area contributed by atoms with Gasteiger partial charge in [0.25, 0.3) is 0 Å². The van der Waals surface area contributed by atoms with Gasteiger partial charge in [-0.15, -0.1) is 0 Å². The molecule has 0 saturated carbocycles. The normalized spacial score (nSPS) is 18.1. The van der Waals surface area contributed by atoms with Crippen LogP contribution in [0, 0.1) is 5.82 Å². The molecule has 1 heterocycles. The number of ether oxygens (including phenoxy) is 1. The summed E-state index contributed by atoms with van der Waals surface area (Å²) >= 11 is 0. The zero-order valence-electron chi connectivity index (χ0n) is 12.2. The summed E-state index contributed by atoms with van der Waals surface area (Å²) in [5.41, 5.74) is 2.32. The first-order valence-corrected chi connectivity index (χ1v) is 7.51. The lowest BCUT2D eigenvalue weighted by Gasteiger charge is -2.25. The molecule has 0 saturated heterocycles. The van der Waals surface area contributed by atoms with Crippen molar-refractivity contribution < 1.29 is 9.13 Å². The zero-order valence-corrected chi connectivity index (χ0v) is 12.2. The minimum absolute atomic E-state index is 0.0550. The first-order valence-electron chi connectivity index (χ1n) is 7.51. The van der Waals surface area contributed by atoms with Gasteiger partial charge < -0.3 is 10.1 Å². The average molecular weight is 285 g/mol. The Morgan fingerprint density at radius 1 is 1.19 bits per heavy atom. The minimum Gasteiger partial charge on any atom is -0.488 e. The van der Waals surface area contributed by atoms with Gasteiger partial charge in [0.2, 0.25) is 0 Å². The van der Waals surface area contributed by atoms with Crippen LogP contribution in [-0.4, -0.2) is 12.6 Å². The van der Waals surface area contributed by atoms with Crippen molar-refractivity contribution in [1.29, 1.82) is 0 Å². The van der Waals surface area contributed by atoms with Gasteiger partial charge in [-0.1, -0.05) is 37.3 Å². The topological polar surface area (TPSA) is 21.3 Å². The fourth-order valence-electron chi connectivity index (χ4n) is 2.83. The number of benzene rings is 2. The molecule has 0 radical (unpaired) electrons. The summed E-state index contributed by atoms with van der Waals surface area (Å²) < 4.78 is 19.2. The predicted molar refractivity (Wildman–Crippen MR) is 82.0 cm³/mol. The molecule has 0 aliphatic carbocycles. The molecule has 2 nitrogen and oxygen atoms in total. The van der Waals surface area contributed by atoms with Gasteiger partial charge in [-0.2, -0.15) is 0 Å². The molecule has 0 fully saturated rings. The number of nitrogens with one attached hydrogen (secondary N) is 1. The second kappa shape index (κ2) is 6.27. The summed E-state index contributed by atoms with van der Waals surface area (Å²) in [6.45, 7) is 3.05. The molecule has 2 unspecified atom stereocenters. The molecule has 1 N–H and O–H groups in total. The second-order valence-electron chi connectivity index (χ2n) is 5.45. The number of fused-ring (bicyclic) bond motifs is 1. The van der Waals surface area contributed by atoms with Gasteiger partial charge in [0.15, 0.2) is 0 Å². The molecular weight excluding hydrogens is 265 g/mol. The summed E-state index contributed by atoms with van der Waals surface area (Å²) in [6.07, 6.45) is 1.99. The predicted octanol–water partition coefficient (Wildman–Crippen LogP) is 3.87. The van der Waals surface area contributed by atoms with Crippen LogP contribution < -0.4 is 10.1 Å². The van der Waals surface area contributed by atoms with E-state index < -0.39 is 0 Å². The van der Waals surface area contributed by atoms with Crippen molar-refractivity contribution in [1.82, 2.24) is 5.32 Å². The molecule has 21 heavy (non-hydrogen) atoms. The van der Waals surface area contributed by atoms with E-state index in [4.69, 9.17) is 4.74 Å². The van der Waals surface area contributed by atoms with Crippen LogP contribution >= 0.6 is 0 Å². The largest absolute Gasteiger partial charge is 0.488 e. The SMILES string of the molecule is CCCNC(c1ccc(F)cc1)C1Cc2ccccc2O1. The Balaban J connectivity index is 1.82. The fraction of sp³-hybridized carbons (Fsp3) is 0.333. The van der Waals surface area contributed by atoms with E-state index in [1.807, 2.05) is 30.3 Å². The van der Waals surface area contributed by atoms with Crippen LogP contribution in [0.4, 0.5) is 4.39 Å². The molecule has 110 valence electrons. The maximum atomic E-state index is 13.1. The lowest BCUT2D eigenvalue weighted by Crippen LogP contribution is -2.35. The monoisotopic (exact) mass is 285 g/mol. The Hall–Kier alpha value is -1.87. The van der Waals surface area contributed by atoms with E-state index >= 15 is 0 Å². The highest BCUT2D eigenvalue weighted by Gasteiger charge is 2.30. The third-order valence-electron chi connectivity index (χ3n) is 3.89. The van der Waals surface area contributed by atoms with Crippen molar-refractivity contribution in [3.8, 4) is 5.75 Å². The van der Waals surface area contributed by atoms with Crippen LogP contribution in [0.25, 0.3) is 0 Å². The quantitative estimate of drug-likeness (QED) is 0.900. The van der Waals surface area contributed by atoms with E-state index in [1.165, 1.54) is 17.7 Å². The first-order chi connectivity index (χ1) is 10.3. The minimum atomic E-state index is -0.205. The van der Waals surface area contributed by atoms with E-state index in [0.717, 1.165) is 30.7 Å². The lowest BCUT2D eigenvalue weighted by atomic mass is 9.97. The molecule has 2 atom stereocenters. The molecule has 3 rings (SSSR count). The van der Waals surface area contributed by atoms with Crippen molar-refractivity contribution in [3.63, 3.8) is 0 Å². The molecular formula is C18H20FNO. The summed E-state index contributed by atoms with van der Waals surface area (Å²) in [5.74, 6) is 0.761. The van der Waals surface area contributed by atoms with Crippen molar-refractivity contribution in [2.24, 2.45) is 0 Å². The molecule has 0 amide bonds. The molecule has 1 aliphatic rings. The Labute approximate surface area is 125 Å². The third kappa shape index (κ3) is 3.08. The van der Waals surface area contributed by atoms with Gasteiger partial charge in [0.05, 0.1) is 6.04 Å². The Bertz CT molecular complexity index is 571. The van der Waals surface area contributed by atoms with Gasteiger partial charge in [-0.3, -0.25) is 0 Å². The van der Waals surface area contributed by atoms with Crippen LogP contribution in [0.3, 0.4) is 0 Å². The number of para-hydroxylation sites is 1. The van der Waals surface area contributed by atoms with Gasteiger partial charge >= 0.3 is 0 Å². The van der Waals surface area contributed by atoms with Crippen LogP contribution in [0.5, 0.6) is 5.75 Å². The second-order valence-corrected chi connectivity index (χ2v) is 5.45. The van der Waals surface area contributed by atoms with Gasteiger partial charge in [0.1, 0.15) is 17.7 Å². The summed E-state index contributed by atoms with van der Waals surface area (Å²) in [5, 5.41) is 3.53. The number of hydrogen-bond donors (Lipinski definition) is 1. The molecule has 2 aromatic rings. The van der Waals surface area contributed by atoms with E-state index in [1.54, 1.807) is 0 Å². The third-order valence-corrected chi connectivity index (χ3v) is 3.89. The van der Waals surface area contributed by atoms with Crippen LogP contribution in [-0.2, 0) is 6.42 Å². The summed E-state index contributed by atoms with van der Waals surface area (Å²) in [4.78, 5) is 0. The average Bonchev–Trinajstić information content (AvgIpc) is 2.93. The van der Waals surface area contributed by atoms with Crippen molar-refractivity contribution in [2.75, 3.05) is 6.54 Å². The molecule has 0 spiro atoms. The maximum Gasteiger partial charge on any atom is 0.123 e. The van der Waals surface area contributed by atoms with Crippen molar-refractivity contribution >= 4 is 0 Å². The smallest absolute Gasteiger partial charge is 0.123 e. The van der Waals surface area contributed by atoms with Gasteiger partial charge in [0, 0.05) is 6.42 Å². The molecule has 0 aromatic heterocycles. The number of halogens is 1. The highest BCUT2D eigenvalue weighted by atomic mass is 19.1. The van der Waals surface area contributed by atoms with E-state index in [0.29, 0.717) is 0 Å². The van der Waals surface area contributed by atoms with E-state index in [9.17, 15) is 4.39 Å². The standard InChI is InChI=1S/C18H20FNO/c1-2-11-20-18(13-7-9-15(19)10-8-13)17-12-14-5-3-4-6-16(14)21-17/h3-10,17-18,20H,2,11-12H2,1H3. The molecule has 2 aromatic carbocycles. The van der Waals surface area contributed by atoms with Crippen LogP contribution in [0.15, 0.2) is 48.5 Å². The molecule has 3 heteroatoms. The number of rotatable bonds is 5. The Kier molecular flexibility index (Phi) is 4.20. The zero-order chi connectivity index (χ0) is 14.7. The van der Waals surface area contributed by atoms with Crippen LogP contribution in [0.2, 0.25) is 0 Å². The molecule has 1 aliphatic heterocycles. The summed E-state index contributed by atoms with van der Waals surface area (Å²) in [7, 11) is 0. The lowest BCUT2D eigenvalue weighted by molar-refractivity contribution is 0.178. The highest BCUT2D eigenvalue weighted by Crippen LogP contribution is 2.34. The maximum absolute atomic E-state index is 13.1. The molecule has 0 bridgehead atoms. The highest BCUT2D eigenvalue weighted by molar-refractivity contribution is 5.38. The number of hydrogen-bond acceptors (Lipinski definition) is 2. The van der Waals surface area contributed by atoms with Crippen molar-refractivity contribution in [2.45, 2.75) is 31.9 Å². The summed E-state index contributed by atoms with van der Waals surface area (Å²) in [6, 6.07) is 14.9. The fourth-order valence-corrected chi connectivity index (χ4v) is 2.83. The van der Waals surface area contributed by atoms with Gasteiger partial charge in [-0.25, -0.2) is 4.39 Å². The van der Waals surface area contributed by atoms with Gasteiger partial charge in [-0.05, 0) is 42.3 Å².